The Bertz CT molecular complexity index is 422. The Morgan fingerprint density at radius 3 is 1.86 bits per heavy atom. The lowest BCUT2D eigenvalue weighted by Gasteiger charge is -2.25. The first-order valence-electron chi connectivity index (χ1n) is 6.91. The van der Waals surface area contributed by atoms with Gasteiger partial charge >= 0.3 is 18.0 Å². The maximum Gasteiger partial charge on any atom is 0.407 e. The summed E-state index contributed by atoms with van der Waals surface area (Å²) in [4.78, 5) is 34.6. The summed E-state index contributed by atoms with van der Waals surface area (Å²) in [7, 11) is 0. The van der Waals surface area contributed by atoms with Crippen LogP contribution in [0, 0.1) is 5.92 Å². The van der Waals surface area contributed by atoms with E-state index in [0.29, 0.717) is 0 Å². The summed E-state index contributed by atoms with van der Waals surface area (Å²) < 4.78 is 10.0. The van der Waals surface area contributed by atoms with Gasteiger partial charge in [0.25, 0.3) is 0 Å². The van der Waals surface area contributed by atoms with Crippen molar-refractivity contribution in [1.82, 2.24) is 5.32 Å². The summed E-state index contributed by atoms with van der Waals surface area (Å²) in [6, 6.07) is -1.40. The van der Waals surface area contributed by atoms with Crippen LogP contribution in [-0.4, -0.2) is 46.9 Å². The van der Waals surface area contributed by atoms with E-state index in [1.54, 1.807) is 41.5 Å². The number of carbonyl (C=O) groups is 3. The SMILES string of the molecule is CC(C)(C)OC(=O)NCC(C(=O)O)C(N)C(=O)OC(C)(C)C. The van der Waals surface area contributed by atoms with E-state index >= 15 is 0 Å². The molecular formula is C14H26N2O6. The summed E-state index contributed by atoms with van der Waals surface area (Å²) in [5.74, 6) is -3.47. The van der Waals surface area contributed by atoms with Gasteiger partial charge in [-0.1, -0.05) is 0 Å². The van der Waals surface area contributed by atoms with E-state index in [0.717, 1.165) is 0 Å². The highest BCUT2D eigenvalue weighted by molar-refractivity contribution is 5.84. The quantitative estimate of drug-likeness (QED) is 0.642. The minimum Gasteiger partial charge on any atom is -0.481 e. The number of rotatable bonds is 5. The van der Waals surface area contributed by atoms with Crippen LogP contribution in [0.4, 0.5) is 4.79 Å². The number of nitrogens with one attached hydrogen (secondary N) is 1. The molecule has 0 heterocycles. The predicted molar refractivity (Wildman–Crippen MR) is 79.2 cm³/mol. The lowest BCUT2D eigenvalue weighted by molar-refractivity contribution is -0.161. The Balaban J connectivity index is 4.71. The average Bonchev–Trinajstić information content (AvgIpc) is 2.23. The fourth-order valence-corrected chi connectivity index (χ4v) is 1.41. The molecule has 0 radical (unpaired) electrons. The zero-order valence-electron chi connectivity index (χ0n) is 13.9. The third kappa shape index (κ3) is 8.46. The molecule has 0 spiro atoms. The molecule has 0 saturated heterocycles. The third-order valence-electron chi connectivity index (χ3n) is 2.29. The summed E-state index contributed by atoms with van der Waals surface area (Å²) >= 11 is 0. The van der Waals surface area contributed by atoms with Crippen LogP contribution >= 0.6 is 0 Å². The topological polar surface area (TPSA) is 128 Å². The number of carboxylic acids is 1. The van der Waals surface area contributed by atoms with Crippen LogP contribution in [0.25, 0.3) is 0 Å². The van der Waals surface area contributed by atoms with E-state index in [1.165, 1.54) is 0 Å². The van der Waals surface area contributed by atoms with Gasteiger partial charge in [0.1, 0.15) is 17.2 Å². The molecule has 0 rings (SSSR count). The van der Waals surface area contributed by atoms with Gasteiger partial charge in [0.05, 0.1) is 5.92 Å². The second-order valence-electron chi connectivity index (χ2n) is 6.89. The second-order valence-corrected chi connectivity index (χ2v) is 6.89. The third-order valence-corrected chi connectivity index (χ3v) is 2.29. The van der Waals surface area contributed by atoms with Gasteiger partial charge in [-0.3, -0.25) is 9.59 Å². The molecule has 22 heavy (non-hydrogen) atoms. The van der Waals surface area contributed by atoms with Crippen molar-refractivity contribution in [3.63, 3.8) is 0 Å². The molecule has 0 aliphatic rings. The number of carboxylic acid groups (broad SMARTS) is 1. The second kappa shape index (κ2) is 7.44. The Kier molecular flexibility index (Phi) is 6.82. The van der Waals surface area contributed by atoms with Crippen LogP contribution in [0.1, 0.15) is 41.5 Å². The van der Waals surface area contributed by atoms with Crippen LogP contribution in [0.2, 0.25) is 0 Å². The number of esters is 1. The molecule has 4 N–H and O–H groups in total. The van der Waals surface area contributed by atoms with E-state index in [4.69, 9.17) is 20.3 Å². The zero-order chi connectivity index (χ0) is 17.7. The van der Waals surface area contributed by atoms with Crippen LogP contribution in [0.5, 0.6) is 0 Å². The molecule has 0 aromatic carbocycles. The van der Waals surface area contributed by atoms with Crippen molar-refractivity contribution >= 4 is 18.0 Å². The molecule has 2 atom stereocenters. The fourth-order valence-electron chi connectivity index (χ4n) is 1.41. The average molecular weight is 318 g/mol. The van der Waals surface area contributed by atoms with Gasteiger partial charge in [-0.05, 0) is 41.5 Å². The van der Waals surface area contributed by atoms with E-state index in [9.17, 15) is 14.4 Å². The van der Waals surface area contributed by atoms with Crippen molar-refractivity contribution in [3.05, 3.63) is 0 Å². The summed E-state index contributed by atoms with van der Waals surface area (Å²) in [6.45, 7) is 9.62. The van der Waals surface area contributed by atoms with Gasteiger partial charge in [0, 0.05) is 6.54 Å². The van der Waals surface area contributed by atoms with E-state index < -0.39 is 41.2 Å². The van der Waals surface area contributed by atoms with Gasteiger partial charge < -0.3 is 25.6 Å². The number of nitrogens with two attached hydrogens (primary N) is 1. The molecule has 8 nitrogen and oxygen atoms in total. The standard InChI is InChI=1S/C14H26N2O6/c1-13(2,3)21-11(19)9(15)8(10(17)18)7-16-12(20)22-14(4,5)6/h8-9H,7,15H2,1-6H3,(H,16,20)(H,17,18). The molecule has 1 amide bonds. The predicted octanol–water partition coefficient (Wildman–Crippen LogP) is 0.881. The summed E-state index contributed by atoms with van der Waals surface area (Å²) in [5, 5.41) is 11.4. The van der Waals surface area contributed by atoms with Crippen LogP contribution in [0.15, 0.2) is 0 Å². The highest BCUT2D eigenvalue weighted by atomic mass is 16.6. The maximum atomic E-state index is 11.8. The smallest absolute Gasteiger partial charge is 0.407 e. The molecule has 0 saturated carbocycles. The zero-order valence-corrected chi connectivity index (χ0v) is 13.9. The highest BCUT2D eigenvalue weighted by Crippen LogP contribution is 2.12. The summed E-state index contributed by atoms with van der Waals surface area (Å²) in [5.41, 5.74) is 4.14. The largest absolute Gasteiger partial charge is 0.481 e. The number of aliphatic carboxylic acids is 1. The normalized spacial score (nSPS) is 14.7. The number of hydrogen-bond acceptors (Lipinski definition) is 6. The molecule has 8 heteroatoms. The van der Waals surface area contributed by atoms with E-state index in [1.807, 2.05) is 0 Å². The molecule has 0 aromatic rings. The van der Waals surface area contributed by atoms with Crippen molar-refractivity contribution in [1.29, 1.82) is 0 Å². The Morgan fingerprint density at radius 2 is 1.50 bits per heavy atom. The minimum absolute atomic E-state index is 0.343. The molecule has 128 valence electrons. The van der Waals surface area contributed by atoms with Crippen molar-refractivity contribution < 1.29 is 29.0 Å². The maximum absolute atomic E-state index is 11.8. The Labute approximate surface area is 130 Å². The molecule has 0 aliphatic heterocycles. The van der Waals surface area contributed by atoms with E-state index in [2.05, 4.69) is 5.32 Å². The molecular weight excluding hydrogens is 292 g/mol. The van der Waals surface area contributed by atoms with Crippen molar-refractivity contribution in [2.24, 2.45) is 11.7 Å². The van der Waals surface area contributed by atoms with E-state index in [-0.39, 0.29) is 6.54 Å². The first kappa shape index (κ1) is 20.2. The van der Waals surface area contributed by atoms with Gasteiger partial charge in [-0.15, -0.1) is 0 Å². The molecule has 0 bridgehead atoms. The number of ether oxygens (including phenoxy) is 2. The lowest BCUT2D eigenvalue weighted by atomic mass is 10.0. The minimum atomic E-state index is -1.40. The monoisotopic (exact) mass is 318 g/mol. The number of carbonyl (C=O) groups excluding carboxylic acids is 2. The Morgan fingerprint density at radius 1 is 1.05 bits per heavy atom. The van der Waals surface area contributed by atoms with Gasteiger partial charge in [0.15, 0.2) is 0 Å². The first-order chi connectivity index (χ1) is 9.73. The van der Waals surface area contributed by atoms with Gasteiger partial charge in [-0.25, -0.2) is 4.79 Å². The van der Waals surface area contributed by atoms with Crippen LogP contribution in [0.3, 0.4) is 0 Å². The van der Waals surface area contributed by atoms with Crippen molar-refractivity contribution in [3.8, 4) is 0 Å². The van der Waals surface area contributed by atoms with Crippen LogP contribution in [-0.2, 0) is 19.1 Å². The van der Waals surface area contributed by atoms with Crippen molar-refractivity contribution in [2.45, 2.75) is 58.8 Å². The number of alkyl carbamates (subject to hydrolysis) is 1. The highest BCUT2D eigenvalue weighted by Gasteiger charge is 2.34. The Hall–Kier alpha value is -1.83. The first-order valence-corrected chi connectivity index (χ1v) is 6.91. The van der Waals surface area contributed by atoms with Gasteiger partial charge in [0.2, 0.25) is 0 Å². The molecule has 0 aliphatic carbocycles. The van der Waals surface area contributed by atoms with Crippen molar-refractivity contribution in [2.75, 3.05) is 6.54 Å². The fraction of sp³-hybridized carbons (Fsp3) is 0.786. The van der Waals surface area contributed by atoms with Crippen LogP contribution < -0.4 is 11.1 Å². The molecule has 0 aromatic heterocycles. The van der Waals surface area contributed by atoms with Gasteiger partial charge in [-0.2, -0.15) is 0 Å². The number of hydrogen-bond donors (Lipinski definition) is 3. The number of amides is 1. The molecule has 2 unspecified atom stereocenters. The molecule has 0 fully saturated rings. The lowest BCUT2D eigenvalue weighted by Crippen LogP contribution is -2.50. The summed E-state index contributed by atoms with van der Waals surface area (Å²) in [6.07, 6.45) is -0.782.